The van der Waals surface area contributed by atoms with Gasteiger partial charge in [-0.3, -0.25) is 4.79 Å². The van der Waals surface area contributed by atoms with Crippen molar-refractivity contribution in [3.05, 3.63) is 22.2 Å². The third-order valence-corrected chi connectivity index (χ3v) is 3.74. The molecule has 0 aliphatic heterocycles. The Bertz CT molecular complexity index is 276. The van der Waals surface area contributed by atoms with Crippen LogP contribution >= 0.6 is 15.9 Å². The number of carbonyl (C=O) groups is 1. The highest BCUT2D eigenvalue weighted by atomic mass is 79.9. The molecule has 0 amide bonds. The van der Waals surface area contributed by atoms with Gasteiger partial charge in [-0.25, -0.2) is 0 Å². The van der Waals surface area contributed by atoms with E-state index in [1.807, 2.05) is 13.8 Å². The van der Waals surface area contributed by atoms with Crippen LogP contribution in [0.3, 0.4) is 0 Å². The SMILES string of the molecule is C=C(C)[C@@H]1CCC(C)=C(Br)C(=O)C1. The summed E-state index contributed by atoms with van der Waals surface area (Å²) in [5.41, 5.74) is 2.30. The summed E-state index contributed by atoms with van der Waals surface area (Å²) in [5, 5.41) is 0. The predicted octanol–water partition coefficient (Wildman–Crippen LogP) is 3.60. The Hall–Kier alpha value is -0.370. The molecule has 0 aromatic rings. The van der Waals surface area contributed by atoms with Crippen molar-refractivity contribution in [1.82, 2.24) is 0 Å². The number of carbonyl (C=O) groups excluding carboxylic acids is 1. The molecule has 1 aliphatic rings. The van der Waals surface area contributed by atoms with Gasteiger partial charge in [0.25, 0.3) is 0 Å². The lowest BCUT2D eigenvalue weighted by atomic mass is 9.93. The molecule has 0 spiro atoms. The molecule has 0 bridgehead atoms. The van der Waals surface area contributed by atoms with Crippen molar-refractivity contribution in [2.75, 3.05) is 0 Å². The standard InChI is InChI=1S/C11H15BrO/c1-7(2)9-5-4-8(3)11(12)10(13)6-9/h9H,1,4-6H2,2-3H3/t9-/m1/s1. The van der Waals surface area contributed by atoms with E-state index in [1.165, 1.54) is 5.57 Å². The number of hydrogen-bond donors (Lipinski definition) is 0. The molecule has 0 radical (unpaired) electrons. The monoisotopic (exact) mass is 242 g/mol. The minimum atomic E-state index is 0.225. The zero-order chi connectivity index (χ0) is 10.0. The summed E-state index contributed by atoms with van der Waals surface area (Å²) in [6.45, 7) is 7.94. The van der Waals surface area contributed by atoms with Crippen LogP contribution in [0, 0.1) is 5.92 Å². The number of rotatable bonds is 1. The molecule has 0 fully saturated rings. The molecular formula is C11H15BrO. The van der Waals surface area contributed by atoms with Gasteiger partial charge in [0.1, 0.15) is 0 Å². The fourth-order valence-electron chi connectivity index (χ4n) is 1.57. The van der Waals surface area contributed by atoms with Crippen LogP contribution in [0.25, 0.3) is 0 Å². The average molecular weight is 243 g/mol. The van der Waals surface area contributed by atoms with Gasteiger partial charge in [0.05, 0.1) is 4.48 Å². The second kappa shape index (κ2) is 4.23. The van der Waals surface area contributed by atoms with E-state index in [2.05, 4.69) is 22.5 Å². The summed E-state index contributed by atoms with van der Waals surface area (Å²) < 4.78 is 0.788. The molecule has 0 unspecified atom stereocenters. The summed E-state index contributed by atoms with van der Waals surface area (Å²) in [6.07, 6.45) is 2.68. The van der Waals surface area contributed by atoms with E-state index in [9.17, 15) is 4.79 Å². The van der Waals surface area contributed by atoms with Crippen LogP contribution in [-0.4, -0.2) is 5.78 Å². The van der Waals surface area contributed by atoms with E-state index in [4.69, 9.17) is 0 Å². The van der Waals surface area contributed by atoms with E-state index >= 15 is 0 Å². The van der Waals surface area contributed by atoms with Crippen molar-refractivity contribution in [2.24, 2.45) is 5.92 Å². The van der Waals surface area contributed by atoms with Gasteiger partial charge in [-0.15, -0.1) is 0 Å². The van der Waals surface area contributed by atoms with Crippen LogP contribution in [-0.2, 0) is 4.79 Å². The lowest BCUT2D eigenvalue weighted by Gasteiger charge is -2.12. The minimum Gasteiger partial charge on any atom is -0.294 e. The quantitative estimate of drug-likeness (QED) is 0.643. The number of allylic oxidation sites excluding steroid dienone is 3. The Balaban J connectivity index is 2.81. The molecule has 0 aromatic heterocycles. The lowest BCUT2D eigenvalue weighted by molar-refractivity contribution is -0.115. The summed E-state index contributed by atoms with van der Waals surface area (Å²) in [7, 11) is 0. The topological polar surface area (TPSA) is 17.1 Å². The molecule has 1 atom stereocenters. The molecule has 1 rings (SSSR count). The maximum atomic E-state index is 11.6. The van der Waals surface area contributed by atoms with Gasteiger partial charge in [-0.05, 0) is 48.5 Å². The molecule has 1 nitrogen and oxygen atoms in total. The van der Waals surface area contributed by atoms with E-state index in [0.29, 0.717) is 12.3 Å². The van der Waals surface area contributed by atoms with Crippen LogP contribution in [0.2, 0.25) is 0 Å². The van der Waals surface area contributed by atoms with Crippen molar-refractivity contribution in [3.8, 4) is 0 Å². The van der Waals surface area contributed by atoms with Gasteiger partial charge in [0, 0.05) is 6.42 Å². The average Bonchev–Trinajstić information content (AvgIpc) is 2.19. The van der Waals surface area contributed by atoms with Crippen molar-refractivity contribution in [1.29, 1.82) is 0 Å². The number of ketones is 1. The molecular weight excluding hydrogens is 228 g/mol. The van der Waals surface area contributed by atoms with Crippen molar-refractivity contribution < 1.29 is 4.79 Å². The van der Waals surface area contributed by atoms with Crippen LogP contribution in [0.5, 0.6) is 0 Å². The molecule has 0 saturated heterocycles. The summed E-state index contributed by atoms with van der Waals surface area (Å²) in [4.78, 5) is 11.6. The van der Waals surface area contributed by atoms with Gasteiger partial charge < -0.3 is 0 Å². The van der Waals surface area contributed by atoms with Gasteiger partial charge in [0.2, 0.25) is 0 Å². The van der Waals surface area contributed by atoms with Gasteiger partial charge in [-0.1, -0.05) is 17.7 Å². The molecule has 13 heavy (non-hydrogen) atoms. The highest BCUT2D eigenvalue weighted by molar-refractivity contribution is 9.12. The first-order valence-electron chi connectivity index (χ1n) is 4.56. The zero-order valence-electron chi connectivity index (χ0n) is 8.19. The normalized spacial score (nSPS) is 24.5. The maximum absolute atomic E-state index is 11.6. The predicted molar refractivity (Wildman–Crippen MR) is 58.8 cm³/mol. The number of Topliss-reactive ketones (excluding diaryl/α,β-unsaturated/α-hetero) is 1. The Kier molecular flexibility index (Phi) is 3.48. The smallest absolute Gasteiger partial charge is 0.170 e. The van der Waals surface area contributed by atoms with Crippen LogP contribution in [0.4, 0.5) is 0 Å². The van der Waals surface area contributed by atoms with E-state index < -0.39 is 0 Å². The molecule has 0 N–H and O–H groups in total. The van der Waals surface area contributed by atoms with Crippen LogP contribution < -0.4 is 0 Å². The molecule has 2 heteroatoms. The Morgan fingerprint density at radius 2 is 2.23 bits per heavy atom. The first kappa shape index (κ1) is 10.7. The second-order valence-corrected chi connectivity index (χ2v) is 4.60. The summed E-state index contributed by atoms with van der Waals surface area (Å²) in [6, 6.07) is 0. The molecule has 72 valence electrons. The van der Waals surface area contributed by atoms with Crippen molar-refractivity contribution in [2.45, 2.75) is 33.1 Å². The molecule has 1 aliphatic carbocycles. The first-order chi connectivity index (χ1) is 6.02. The Morgan fingerprint density at radius 1 is 1.62 bits per heavy atom. The van der Waals surface area contributed by atoms with Crippen LogP contribution in [0.15, 0.2) is 22.2 Å². The van der Waals surface area contributed by atoms with Gasteiger partial charge in [-0.2, -0.15) is 0 Å². The minimum absolute atomic E-state index is 0.225. The highest BCUT2D eigenvalue weighted by Crippen LogP contribution is 2.31. The number of hydrogen-bond acceptors (Lipinski definition) is 1. The first-order valence-corrected chi connectivity index (χ1v) is 5.35. The largest absolute Gasteiger partial charge is 0.294 e. The Labute approximate surface area is 88.0 Å². The van der Waals surface area contributed by atoms with Crippen molar-refractivity contribution in [3.63, 3.8) is 0 Å². The van der Waals surface area contributed by atoms with E-state index in [-0.39, 0.29) is 5.78 Å². The molecule has 0 aromatic carbocycles. The molecule has 0 heterocycles. The van der Waals surface area contributed by atoms with Crippen molar-refractivity contribution >= 4 is 21.7 Å². The summed E-state index contributed by atoms with van der Waals surface area (Å²) in [5.74, 6) is 0.598. The third kappa shape index (κ3) is 2.53. The van der Waals surface area contributed by atoms with Crippen LogP contribution in [0.1, 0.15) is 33.1 Å². The molecule has 0 saturated carbocycles. The Morgan fingerprint density at radius 3 is 2.77 bits per heavy atom. The maximum Gasteiger partial charge on any atom is 0.170 e. The lowest BCUT2D eigenvalue weighted by Crippen LogP contribution is -2.06. The fourth-order valence-corrected chi connectivity index (χ4v) is 1.93. The van der Waals surface area contributed by atoms with E-state index in [0.717, 1.165) is 22.9 Å². The summed E-state index contributed by atoms with van der Waals surface area (Å²) >= 11 is 3.35. The van der Waals surface area contributed by atoms with Gasteiger partial charge >= 0.3 is 0 Å². The fraction of sp³-hybridized carbons (Fsp3) is 0.545. The van der Waals surface area contributed by atoms with E-state index in [1.54, 1.807) is 0 Å². The van der Waals surface area contributed by atoms with Gasteiger partial charge in [0.15, 0.2) is 5.78 Å². The highest BCUT2D eigenvalue weighted by Gasteiger charge is 2.21. The number of halogens is 1. The third-order valence-electron chi connectivity index (χ3n) is 2.62. The zero-order valence-corrected chi connectivity index (χ0v) is 9.78. The second-order valence-electron chi connectivity index (χ2n) is 3.80.